The zero-order valence-electron chi connectivity index (χ0n) is 12.8. The maximum absolute atomic E-state index is 2.47. The fraction of sp³-hybridized carbons (Fsp3) is 0.143. The monoisotopic (exact) mass is 524 g/mol. The third-order valence-electron chi connectivity index (χ3n) is 4.03. The molecule has 0 amide bonds. The highest BCUT2D eigenvalue weighted by atomic mass is 127. The van der Waals surface area contributed by atoms with Crippen molar-refractivity contribution in [1.82, 2.24) is 0 Å². The summed E-state index contributed by atoms with van der Waals surface area (Å²) < 4.78 is 6.10. The molecule has 0 aliphatic heterocycles. The molecule has 2 heteroatoms. The second-order valence-corrected chi connectivity index (χ2v) is 11.7. The van der Waals surface area contributed by atoms with Gasteiger partial charge in [-0.25, -0.2) is 0 Å². The molecule has 0 fully saturated rings. The van der Waals surface area contributed by atoms with E-state index in [0.29, 0.717) is 0 Å². The minimum absolute atomic E-state index is 0.0366. The van der Waals surface area contributed by atoms with E-state index in [0.717, 1.165) is 0 Å². The summed E-state index contributed by atoms with van der Waals surface area (Å²) in [5.41, 5.74) is 3.19. The smallest absolute Gasteiger partial charge is 0.0619 e. The van der Waals surface area contributed by atoms with Crippen LogP contribution in [0.1, 0.15) is 17.5 Å². The zero-order valence-corrected chi connectivity index (χ0v) is 17.1. The van der Waals surface area contributed by atoms with E-state index in [1.54, 1.807) is 14.7 Å². The molecule has 4 rings (SSSR count). The van der Waals surface area contributed by atoms with Crippen LogP contribution in [0, 0.1) is 14.3 Å². The maximum Gasteiger partial charge on any atom is 0.357 e. The Labute approximate surface area is 158 Å². The van der Waals surface area contributed by atoms with Gasteiger partial charge in [-0.1, -0.05) is 24.3 Å². The Hall–Kier alpha value is -0.880. The molecule has 0 aromatic heterocycles. The third-order valence-corrected chi connectivity index (χ3v) is 9.35. The van der Waals surface area contributed by atoms with Crippen molar-refractivity contribution in [3.63, 3.8) is 0 Å². The lowest BCUT2D eigenvalue weighted by atomic mass is 10.1. The van der Waals surface area contributed by atoms with Crippen LogP contribution < -0.4 is 42.4 Å². The predicted molar refractivity (Wildman–Crippen MR) is 86.1 cm³/mol. The SMILES string of the molecule is c1ccc([I+]c2ccc([I+]c3ccc4c(c3)CCC4)cc2)cc1. The van der Waals surface area contributed by atoms with Crippen LogP contribution in [-0.4, -0.2) is 0 Å². The van der Waals surface area contributed by atoms with Crippen LogP contribution in [0.5, 0.6) is 0 Å². The van der Waals surface area contributed by atoms with Crippen LogP contribution in [0.3, 0.4) is 0 Å². The molecule has 0 unspecified atom stereocenters. The van der Waals surface area contributed by atoms with Gasteiger partial charge in [-0.05, 0) is 78.9 Å². The number of aryl methyl sites for hydroxylation is 2. The lowest BCUT2D eigenvalue weighted by molar-refractivity contribution is -0.603. The van der Waals surface area contributed by atoms with E-state index < -0.39 is 0 Å². The fourth-order valence-corrected chi connectivity index (χ4v) is 7.43. The van der Waals surface area contributed by atoms with E-state index >= 15 is 0 Å². The normalized spacial score (nSPS) is 13.0. The molecule has 1 aliphatic carbocycles. The zero-order chi connectivity index (χ0) is 15.5. The van der Waals surface area contributed by atoms with Crippen LogP contribution in [0.15, 0.2) is 72.8 Å². The molecule has 1 aliphatic rings. The van der Waals surface area contributed by atoms with Crippen molar-refractivity contribution in [2.75, 3.05) is 0 Å². The second-order valence-electron chi connectivity index (χ2n) is 5.69. The number of halogens is 2. The summed E-state index contributed by atoms with van der Waals surface area (Å²) in [5, 5.41) is 0. The van der Waals surface area contributed by atoms with Gasteiger partial charge < -0.3 is 0 Å². The van der Waals surface area contributed by atoms with Crippen molar-refractivity contribution >= 4 is 0 Å². The van der Waals surface area contributed by atoms with E-state index in [1.165, 1.54) is 30.0 Å². The summed E-state index contributed by atoms with van der Waals surface area (Å²) in [6, 6.07) is 27.5. The average molecular weight is 524 g/mol. The Bertz CT molecular complexity index is 792. The van der Waals surface area contributed by atoms with Crippen molar-refractivity contribution in [3.05, 3.63) is 98.2 Å². The van der Waals surface area contributed by atoms with Gasteiger partial charge in [0.2, 0.25) is 0 Å². The van der Waals surface area contributed by atoms with Crippen LogP contribution >= 0.6 is 0 Å². The molecule has 0 nitrogen and oxygen atoms in total. The van der Waals surface area contributed by atoms with Gasteiger partial charge in [0.1, 0.15) is 0 Å². The maximum atomic E-state index is 2.47. The van der Waals surface area contributed by atoms with Gasteiger partial charge in [0.15, 0.2) is 14.3 Å². The minimum Gasteiger partial charge on any atom is -0.0619 e. The number of hydrogen-bond donors (Lipinski definition) is 0. The topological polar surface area (TPSA) is 0 Å². The number of rotatable bonds is 4. The molecule has 0 saturated carbocycles. The van der Waals surface area contributed by atoms with Crippen molar-refractivity contribution in [3.8, 4) is 0 Å². The first-order valence-corrected chi connectivity index (χ1v) is 12.2. The van der Waals surface area contributed by atoms with Crippen molar-refractivity contribution in [2.45, 2.75) is 19.3 Å². The Morgan fingerprint density at radius 2 is 1.09 bits per heavy atom. The Balaban J connectivity index is 1.46. The van der Waals surface area contributed by atoms with Crippen LogP contribution in [0.4, 0.5) is 0 Å². The molecule has 0 heterocycles. The standard InChI is InChI=1S/C21H18I2/c1-2-7-18(8-3-1)22-19-11-13-20(14-12-19)23-21-10-9-16-5-4-6-17(16)15-21/h1-3,7-15H,4-6H2/q+2. The van der Waals surface area contributed by atoms with E-state index in [2.05, 4.69) is 72.8 Å². The van der Waals surface area contributed by atoms with Crippen LogP contribution in [0.25, 0.3) is 0 Å². The van der Waals surface area contributed by atoms with E-state index in [9.17, 15) is 0 Å². The van der Waals surface area contributed by atoms with Gasteiger partial charge in [0, 0.05) is 0 Å². The summed E-state index contributed by atoms with van der Waals surface area (Å²) in [5.74, 6) is 0. The second kappa shape index (κ2) is 7.34. The van der Waals surface area contributed by atoms with Gasteiger partial charge in [-0.3, -0.25) is 0 Å². The lowest BCUT2D eigenvalue weighted by Gasteiger charge is -1.96. The molecule has 0 atom stereocenters. The first-order chi connectivity index (χ1) is 11.4. The summed E-state index contributed by atoms with van der Waals surface area (Å²) in [6.07, 6.45) is 3.91. The molecule has 23 heavy (non-hydrogen) atoms. The van der Waals surface area contributed by atoms with E-state index in [4.69, 9.17) is 0 Å². The van der Waals surface area contributed by atoms with Crippen LogP contribution in [0.2, 0.25) is 0 Å². The molecule has 114 valence electrons. The minimum atomic E-state index is -0.0402. The number of fused-ring (bicyclic) bond motifs is 1. The molecule has 0 spiro atoms. The summed E-state index contributed by atoms with van der Waals surface area (Å²) in [7, 11) is 0. The van der Waals surface area contributed by atoms with Gasteiger partial charge in [-0.2, -0.15) is 0 Å². The Kier molecular flexibility index (Phi) is 4.99. The highest BCUT2D eigenvalue weighted by Gasteiger charge is 2.21. The largest absolute Gasteiger partial charge is 0.357 e. The lowest BCUT2D eigenvalue weighted by Crippen LogP contribution is -3.62. The molecule has 3 aromatic rings. The number of benzene rings is 3. The quantitative estimate of drug-likeness (QED) is 0.363. The van der Waals surface area contributed by atoms with Crippen molar-refractivity contribution < 1.29 is 42.4 Å². The van der Waals surface area contributed by atoms with Gasteiger partial charge in [0.25, 0.3) is 0 Å². The molecule has 0 N–H and O–H groups in total. The molecule has 3 aromatic carbocycles. The first kappa shape index (κ1) is 15.6. The molecular formula is C21H18I2+2. The van der Waals surface area contributed by atoms with Crippen LogP contribution in [-0.2, 0) is 12.8 Å². The van der Waals surface area contributed by atoms with Crippen molar-refractivity contribution in [1.29, 1.82) is 0 Å². The Morgan fingerprint density at radius 3 is 1.83 bits per heavy atom. The predicted octanol–water partition coefficient (Wildman–Crippen LogP) is -1.57. The number of hydrogen-bond acceptors (Lipinski definition) is 0. The molecule has 0 bridgehead atoms. The molecular weight excluding hydrogens is 506 g/mol. The van der Waals surface area contributed by atoms with Crippen molar-refractivity contribution in [2.24, 2.45) is 0 Å². The van der Waals surface area contributed by atoms with Gasteiger partial charge in [-0.15, -0.1) is 0 Å². The van der Waals surface area contributed by atoms with E-state index in [-0.39, 0.29) is 42.4 Å². The molecule has 0 saturated heterocycles. The third kappa shape index (κ3) is 3.97. The van der Waals surface area contributed by atoms with Gasteiger partial charge in [0.05, 0.1) is 0 Å². The summed E-state index contributed by atoms with van der Waals surface area (Å²) in [6.45, 7) is 0. The summed E-state index contributed by atoms with van der Waals surface area (Å²) >= 11 is -0.0768. The van der Waals surface area contributed by atoms with Gasteiger partial charge >= 0.3 is 42.4 Å². The fourth-order valence-electron chi connectivity index (χ4n) is 2.88. The van der Waals surface area contributed by atoms with E-state index in [1.807, 2.05) is 0 Å². The average Bonchev–Trinajstić information content (AvgIpc) is 3.05. The first-order valence-electron chi connectivity index (χ1n) is 7.93. The summed E-state index contributed by atoms with van der Waals surface area (Å²) in [4.78, 5) is 0. The highest BCUT2D eigenvalue weighted by Crippen LogP contribution is 2.20. The highest BCUT2D eigenvalue weighted by molar-refractivity contribution is 5.30. The molecule has 0 radical (unpaired) electrons. The Morgan fingerprint density at radius 1 is 0.522 bits per heavy atom.